The molecule has 0 spiro atoms. The standard InChI is InChI=1S/C23H29N5O3/c1-3-23(2)21(30)28(22(31)24-23)25-20(29)16-27-13-11-26(12-14-27)15-18-9-6-8-17-7-4-5-10-19(17)18/h4-10H,3,11-16H2,1-2H3,(H,24,31)(H,25,29)/t23-/m1/s1. The van der Waals surface area contributed by atoms with Crippen molar-refractivity contribution in [2.24, 2.45) is 0 Å². The van der Waals surface area contributed by atoms with Crippen molar-refractivity contribution in [2.45, 2.75) is 32.4 Å². The summed E-state index contributed by atoms with van der Waals surface area (Å²) in [7, 11) is 0. The first-order valence-corrected chi connectivity index (χ1v) is 10.8. The SMILES string of the molecule is CC[C@@]1(C)NC(=O)N(NC(=O)CN2CCN(Cc3cccc4ccccc34)CC2)C1=O. The topological polar surface area (TPSA) is 85.0 Å². The third-order valence-corrected chi connectivity index (χ3v) is 6.31. The minimum Gasteiger partial charge on any atom is -0.322 e. The first-order chi connectivity index (χ1) is 14.9. The Balaban J connectivity index is 1.28. The van der Waals surface area contributed by atoms with E-state index in [1.54, 1.807) is 6.92 Å². The van der Waals surface area contributed by atoms with Crippen LogP contribution in [0, 0.1) is 0 Å². The average molecular weight is 424 g/mol. The van der Waals surface area contributed by atoms with Crippen molar-refractivity contribution in [1.29, 1.82) is 0 Å². The van der Waals surface area contributed by atoms with Crippen LogP contribution in [0.3, 0.4) is 0 Å². The van der Waals surface area contributed by atoms with E-state index in [1.807, 2.05) is 11.8 Å². The second-order valence-corrected chi connectivity index (χ2v) is 8.48. The van der Waals surface area contributed by atoms with E-state index in [9.17, 15) is 14.4 Å². The number of carbonyl (C=O) groups is 3. The Morgan fingerprint density at radius 3 is 2.42 bits per heavy atom. The van der Waals surface area contributed by atoms with Crippen molar-refractivity contribution < 1.29 is 14.4 Å². The molecule has 0 radical (unpaired) electrons. The summed E-state index contributed by atoms with van der Waals surface area (Å²) in [5, 5.41) is 5.96. The summed E-state index contributed by atoms with van der Waals surface area (Å²) in [6.07, 6.45) is 0.461. The van der Waals surface area contributed by atoms with Crippen molar-refractivity contribution in [2.75, 3.05) is 32.7 Å². The predicted octanol–water partition coefficient (Wildman–Crippen LogP) is 1.71. The number of hydrazine groups is 1. The highest BCUT2D eigenvalue weighted by Crippen LogP contribution is 2.21. The van der Waals surface area contributed by atoms with Crippen LogP contribution >= 0.6 is 0 Å². The van der Waals surface area contributed by atoms with Gasteiger partial charge in [-0.2, -0.15) is 5.01 Å². The van der Waals surface area contributed by atoms with E-state index in [-0.39, 0.29) is 12.5 Å². The minimum atomic E-state index is -0.961. The van der Waals surface area contributed by atoms with E-state index >= 15 is 0 Å². The molecule has 0 bridgehead atoms. The third kappa shape index (κ3) is 4.40. The molecular weight excluding hydrogens is 394 g/mol. The summed E-state index contributed by atoms with van der Waals surface area (Å²) in [5.74, 6) is -0.778. The number of rotatable bonds is 6. The van der Waals surface area contributed by atoms with Crippen LogP contribution in [-0.2, 0) is 16.1 Å². The van der Waals surface area contributed by atoms with Gasteiger partial charge in [-0.3, -0.25) is 24.8 Å². The third-order valence-electron chi connectivity index (χ3n) is 6.31. The first kappa shape index (κ1) is 21.3. The molecule has 0 aromatic heterocycles. The molecular formula is C23H29N5O3. The number of fused-ring (bicyclic) bond motifs is 1. The van der Waals surface area contributed by atoms with Crippen LogP contribution in [0.1, 0.15) is 25.8 Å². The maximum absolute atomic E-state index is 12.4. The van der Waals surface area contributed by atoms with E-state index in [0.29, 0.717) is 6.42 Å². The van der Waals surface area contributed by atoms with Gasteiger partial charge in [0.2, 0.25) is 0 Å². The predicted molar refractivity (Wildman–Crippen MR) is 118 cm³/mol. The largest absolute Gasteiger partial charge is 0.344 e. The minimum absolute atomic E-state index is 0.155. The van der Waals surface area contributed by atoms with Gasteiger partial charge in [-0.1, -0.05) is 49.4 Å². The molecule has 8 nitrogen and oxygen atoms in total. The molecule has 0 unspecified atom stereocenters. The number of carbonyl (C=O) groups excluding carboxylic acids is 3. The number of nitrogens with zero attached hydrogens (tertiary/aromatic N) is 3. The monoisotopic (exact) mass is 423 g/mol. The number of urea groups is 1. The molecule has 2 N–H and O–H groups in total. The Bertz CT molecular complexity index is 996. The lowest BCUT2D eigenvalue weighted by atomic mass is 10.00. The van der Waals surface area contributed by atoms with Gasteiger partial charge in [0.1, 0.15) is 5.54 Å². The Hall–Kier alpha value is -2.97. The normalized spacial score (nSPS) is 22.7. The molecule has 0 saturated carbocycles. The summed E-state index contributed by atoms with van der Waals surface area (Å²) in [6.45, 7) is 7.73. The van der Waals surface area contributed by atoms with E-state index < -0.39 is 17.5 Å². The zero-order chi connectivity index (χ0) is 22.0. The number of piperazine rings is 1. The fourth-order valence-corrected chi connectivity index (χ4v) is 4.17. The molecule has 4 amide bonds. The van der Waals surface area contributed by atoms with Crippen molar-refractivity contribution in [3.8, 4) is 0 Å². The molecule has 4 rings (SSSR count). The van der Waals surface area contributed by atoms with E-state index in [2.05, 4.69) is 58.1 Å². The van der Waals surface area contributed by atoms with Crippen molar-refractivity contribution in [1.82, 2.24) is 25.6 Å². The molecule has 2 aromatic carbocycles. The fourth-order valence-electron chi connectivity index (χ4n) is 4.17. The van der Waals surface area contributed by atoms with Crippen LogP contribution in [-0.4, -0.2) is 70.9 Å². The molecule has 8 heteroatoms. The first-order valence-electron chi connectivity index (χ1n) is 10.8. The average Bonchev–Trinajstić information content (AvgIpc) is 2.99. The Labute approximate surface area is 182 Å². The van der Waals surface area contributed by atoms with Crippen molar-refractivity contribution >= 4 is 28.6 Å². The molecule has 2 aromatic rings. The Kier molecular flexibility index (Phi) is 5.93. The number of benzene rings is 2. The lowest BCUT2D eigenvalue weighted by Gasteiger charge is -2.34. The summed E-state index contributed by atoms with van der Waals surface area (Å²) < 4.78 is 0. The molecule has 2 heterocycles. The lowest BCUT2D eigenvalue weighted by molar-refractivity contribution is -0.139. The molecule has 31 heavy (non-hydrogen) atoms. The molecule has 2 aliphatic heterocycles. The van der Waals surface area contributed by atoms with Crippen LogP contribution in [0.5, 0.6) is 0 Å². The van der Waals surface area contributed by atoms with E-state index in [0.717, 1.165) is 37.7 Å². The Morgan fingerprint density at radius 1 is 1.03 bits per heavy atom. The number of hydrogen-bond acceptors (Lipinski definition) is 5. The summed E-state index contributed by atoms with van der Waals surface area (Å²) in [5.41, 5.74) is 2.81. The van der Waals surface area contributed by atoms with Crippen LogP contribution in [0.25, 0.3) is 10.8 Å². The molecule has 0 aliphatic carbocycles. The molecule has 1 atom stereocenters. The number of nitrogens with one attached hydrogen (secondary N) is 2. The maximum atomic E-state index is 12.4. The molecule has 2 aliphatic rings. The van der Waals surface area contributed by atoms with Crippen LogP contribution in [0.4, 0.5) is 4.79 Å². The van der Waals surface area contributed by atoms with Gasteiger partial charge in [-0.25, -0.2) is 4.79 Å². The van der Waals surface area contributed by atoms with Gasteiger partial charge in [0.05, 0.1) is 6.54 Å². The van der Waals surface area contributed by atoms with Gasteiger partial charge in [0, 0.05) is 32.7 Å². The van der Waals surface area contributed by atoms with Gasteiger partial charge < -0.3 is 5.32 Å². The summed E-state index contributed by atoms with van der Waals surface area (Å²) in [6, 6.07) is 14.2. The quantitative estimate of drug-likeness (QED) is 0.691. The smallest absolute Gasteiger partial charge is 0.322 e. The van der Waals surface area contributed by atoms with Gasteiger partial charge >= 0.3 is 6.03 Å². The zero-order valence-corrected chi connectivity index (χ0v) is 18.1. The molecule has 2 saturated heterocycles. The van der Waals surface area contributed by atoms with Gasteiger partial charge in [0.15, 0.2) is 0 Å². The highest BCUT2D eigenvalue weighted by atomic mass is 16.2. The summed E-state index contributed by atoms with van der Waals surface area (Å²) in [4.78, 5) is 41.3. The number of imide groups is 1. The van der Waals surface area contributed by atoms with Crippen molar-refractivity contribution in [3.05, 3.63) is 48.0 Å². The Morgan fingerprint density at radius 2 is 1.71 bits per heavy atom. The highest BCUT2D eigenvalue weighted by Gasteiger charge is 2.47. The van der Waals surface area contributed by atoms with Gasteiger partial charge in [-0.15, -0.1) is 0 Å². The van der Waals surface area contributed by atoms with E-state index in [4.69, 9.17) is 0 Å². The van der Waals surface area contributed by atoms with Gasteiger partial charge in [0.25, 0.3) is 11.8 Å². The number of amides is 4. The fraction of sp³-hybridized carbons (Fsp3) is 0.435. The molecule has 2 fully saturated rings. The highest BCUT2D eigenvalue weighted by molar-refractivity contribution is 6.07. The second kappa shape index (κ2) is 8.64. The second-order valence-electron chi connectivity index (χ2n) is 8.48. The van der Waals surface area contributed by atoms with Crippen LogP contribution in [0.2, 0.25) is 0 Å². The zero-order valence-electron chi connectivity index (χ0n) is 18.1. The number of hydrogen-bond donors (Lipinski definition) is 2. The molecule has 164 valence electrons. The van der Waals surface area contributed by atoms with Gasteiger partial charge in [-0.05, 0) is 29.7 Å². The lowest BCUT2D eigenvalue weighted by Crippen LogP contribution is -2.53. The maximum Gasteiger partial charge on any atom is 0.344 e. The summed E-state index contributed by atoms with van der Waals surface area (Å²) >= 11 is 0. The van der Waals surface area contributed by atoms with Crippen LogP contribution in [0.15, 0.2) is 42.5 Å². The van der Waals surface area contributed by atoms with E-state index in [1.165, 1.54) is 16.3 Å². The van der Waals surface area contributed by atoms with Crippen molar-refractivity contribution in [3.63, 3.8) is 0 Å². The van der Waals surface area contributed by atoms with Crippen LogP contribution < -0.4 is 10.7 Å².